The van der Waals surface area contributed by atoms with Gasteiger partial charge >= 0.3 is 12.2 Å². The molecular weight excluding hydrogens is 419 g/mol. The first-order chi connectivity index (χ1) is 14.9. The summed E-state index contributed by atoms with van der Waals surface area (Å²) in [6.07, 6.45) is -4.60. The summed E-state index contributed by atoms with van der Waals surface area (Å²) in [7, 11) is 0. The molecule has 1 N–H and O–H groups in total. The molecule has 1 unspecified atom stereocenters. The Kier molecular flexibility index (Phi) is 6.35. The number of urea groups is 1. The van der Waals surface area contributed by atoms with E-state index in [0.717, 1.165) is 17.7 Å². The van der Waals surface area contributed by atoms with Gasteiger partial charge in [0.05, 0.1) is 5.56 Å². The van der Waals surface area contributed by atoms with E-state index in [1.165, 1.54) is 0 Å². The van der Waals surface area contributed by atoms with Gasteiger partial charge in [-0.15, -0.1) is 0 Å². The number of carbonyl (C=O) groups excluding carboxylic acids is 1. The van der Waals surface area contributed by atoms with Crippen LogP contribution in [0.25, 0.3) is 0 Å². The van der Waals surface area contributed by atoms with Crippen molar-refractivity contribution in [2.45, 2.75) is 45.3 Å². The highest BCUT2D eigenvalue weighted by atomic mass is 19.4. The number of piperazine rings is 1. The summed E-state index contributed by atoms with van der Waals surface area (Å²) in [4.78, 5) is 19.7. The Hall–Kier alpha value is -3.28. The molecule has 1 aromatic heterocycles. The maximum atomic E-state index is 13.1. The molecule has 6 nitrogen and oxygen atoms in total. The number of pyridine rings is 1. The third kappa shape index (κ3) is 5.13. The van der Waals surface area contributed by atoms with E-state index in [1.54, 1.807) is 9.80 Å². The Morgan fingerprint density at radius 1 is 1.12 bits per heavy atom. The van der Waals surface area contributed by atoms with Crippen molar-refractivity contribution in [3.8, 4) is 6.07 Å². The van der Waals surface area contributed by atoms with Gasteiger partial charge < -0.3 is 15.1 Å². The maximum Gasteiger partial charge on any atom is 0.433 e. The monoisotopic (exact) mass is 445 g/mol. The van der Waals surface area contributed by atoms with Crippen molar-refractivity contribution in [3.05, 3.63) is 53.2 Å². The number of rotatable bonds is 2. The lowest BCUT2D eigenvalue weighted by molar-refractivity contribution is -0.141. The zero-order chi connectivity index (χ0) is 23.7. The molecule has 2 aromatic rings. The molecule has 0 radical (unpaired) electrons. The number of carbonyl (C=O) groups is 1. The van der Waals surface area contributed by atoms with Crippen LogP contribution in [0, 0.1) is 11.3 Å². The number of nitriles is 1. The maximum absolute atomic E-state index is 13.1. The van der Waals surface area contributed by atoms with Crippen LogP contribution in [-0.4, -0.2) is 41.6 Å². The smallest absolute Gasteiger partial charge is 0.352 e. The Morgan fingerprint density at radius 3 is 2.31 bits per heavy atom. The molecule has 1 fully saturated rings. The van der Waals surface area contributed by atoms with Crippen LogP contribution in [0.1, 0.15) is 44.5 Å². The average molecular weight is 445 g/mol. The van der Waals surface area contributed by atoms with Crippen molar-refractivity contribution < 1.29 is 18.0 Å². The molecule has 1 aliphatic rings. The molecule has 3 rings (SSSR count). The summed E-state index contributed by atoms with van der Waals surface area (Å²) >= 11 is 0. The minimum absolute atomic E-state index is 0.00706. The molecule has 1 aromatic carbocycles. The summed E-state index contributed by atoms with van der Waals surface area (Å²) in [5.41, 5.74) is 0.857. The van der Waals surface area contributed by atoms with Gasteiger partial charge in [-0.2, -0.15) is 18.4 Å². The lowest BCUT2D eigenvalue weighted by Gasteiger charge is -2.40. The van der Waals surface area contributed by atoms with Gasteiger partial charge in [-0.25, -0.2) is 9.78 Å². The number of halogens is 3. The molecule has 32 heavy (non-hydrogen) atoms. The van der Waals surface area contributed by atoms with Crippen LogP contribution in [0.4, 0.5) is 29.5 Å². The topological polar surface area (TPSA) is 72.3 Å². The van der Waals surface area contributed by atoms with Crippen LogP contribution in [0.2, 0.25) is 0 Å². The Bertz CT molecular complexity index is 1020. The number of aromatic nitrogens is 1. The minimum Gasteiger partial charge on any atom is -0.352 e. The molecule has 2 amide bonds. The van der Waals surface area contributed by atoms with Crippen molar-refractivity contribution in [3.63, 3.8) is 0 Å². The van der Waals surface area contributed by atoms with Gasteiger partial charge in [0.15, 0.2) is 0 Å². The molecular formula is C23H26F3N5O. The summed E-state index contributed by atoms with van der Waals surface area (Å²) in [5, 5.41) is 12.2. The number of benzene rings is 1. The van der Waals surface area contributed by atoms with E-state index in [4.69, 9.17) is 0 Å². The standard InChI is InChI=1S/C23H26F3N5O/c1-15-14-30(20-16(13-27)5-10-19(29-20)23(24,25)26)11-12-31(15)21(32)28-18-8-6-17(7-9-18)22(2,3)4/h5-10,15H,11-12,14H2,1-4H3,(H,28,32). The fraction of sp³-hybridized carbons (Fsp3) is 0.435. The lowest BCUT2D eigenvalue weighted by Crippen LogP contribution is -2.55. The summed E-state index contributed by atoms with van der Waals surface area (Å²) < 4.78 is 39.3. The second-order valence-corrected chi connectivity index (χ2v) is 8.92. The first-order valence-corrected chi connectivity index (χ1v) is 10.3. The second kappa shape index (κ2) is 8.69. The molecule has 170 valence electrons. The SMILES string of the molecule is CC1CN(c2nc(C(F)(F)F)ccc2C#N)CCN1C(=O)Nc1ccc(C(C)(C)C)cc1. The van der Waals surface area contributed by atoms with Crippen molar-refractivity contribution >= 4 is 17.5 Å². The van der Waals surface area contributed by atoms with Crippen LogP contribution < -0.4 is 10.2 Å². The van der Waals surface area contributed by atoms with Gasteiger partial charge in [0.25, 0.3) is 0 Å². The first kappa shape index (κ1) is 23.4. The number of hydrogen-bond donors (Lipinski definition) is 1. The Morgan fingerprint density at radius 2 is 1.78 bits per heavy atom. The van der Waals surface area contributed by atoms with Gasteiger partial charge in [-0.05, 0) is 42.2 Å². The fourth-order valence-corrected chi connectivity index (χ4v) is 3.64. The largest absolute Gasteiger partial charge is 0.433 e. The molecule has 0 aliphatic carbocycles. The van der Waals surface area contributed by atoms with Gasteiger partial charge in [-0.3, -0.25) is 0 Å². The molecule has 2 heterocycles. The van der Waals surface area contributed by atoms with Gasteiger partial charge in [-0.1, -0.05) is 32.9 Å². The average Bonchev–Trinajstić information content (AvgIpc) is 2.72. The number of nitrogens with one attached hydrogen (secondary N) is 1. The highest BCUT2D eigenvalue weighted by Crippen LogP contribution is 2.31. The highest BCUT2D eigenvalue weighted by molar-refractivity contribution is 5.89. The van der Waals surface area contributed by atoms with Crippen molar-refractivity contribution in [2.75, 3.05) is 29.9 Å². The predicted octanol–water partition coefficient (Wildman–Crippen LogP) is 5.01. The molecule has 0 spiro atoms. The van der Waals surface area contributed by atoms with Crippen LogP contribution in [0.5, 0.6) is 0 Å². The quantitative estimate of drug-likeness (QED) is 0.705. The summed E-state index contributed by atoms with van der Waals surface area (Å²) in [6, 6.07) is 10.9. The van der Waals surface area contributed by atoms with Gasteiger partial charge in [0.2, 0.25) is 0 Å². The lowest BCUT2D eigenvalue weighted by atomic mass is 9.87. The van der Waals surface area contributed by atoms with E-state index in [0.29, 0.717) is 5.69 Å². The van der Waals surface area contributed by atoms with Crippen LogP contribution in [0.15, 0.2) is 36.4 Å². The van der Waals surface area contributed by atoms with Crippen molar-refractivity contribution in [1.82, 2.24) is 9.88 Å². The third-order valence-corrected chi connectivity index (χ3v) is 5.48. The van der Waals surface area contributed by atoms with E-state index in [9.17, 15) is 23.2 Å². The van der Waals surface area contributed by atoms with Crippen LogP contribution >= 0.6 is 0 Å². The van der Waals surface area contributed by atoms with Gasteiger partial charge in [0.1, 0.15) is 17.6 Å². The molecule has 9 heteroatoms. The number of amides is 2. The number of hydrogen-bond acceptors (Lipinski definition) is 4. The summed E-state index contributed by atoms with van der Waals surface area (Å²) in [5.74, 6) is -0.00741. The van der Waals surface area contributed by atoms with E-state index in [1.807, 2.05) is 37.3 Å². The number of anilines is 2. The fourth-order valence-electron chi connectivity index (χ4n) is 3.64. The highest BCUT2D eigenvalue weighted by Gasteiger charge is 2.35. The second-order valence-electron chi connectivity index (χ2n) is 8.92. The minimum atomic E-state index is -4.60. The van der Waals surface area contributed by atoms with E-state index in [2.05, 4.69) is 31.1 Å². The van der Waals surface area contributed by atoms with E-state index >= 15 is 0 Å². The van der Waals surface area contributed by atoms with Crippen LogP contribution in [0.3, 0.4) is 0 Å². The summed E-state index contributed by atoms with van der Waals surface area (Å²) in [6.45, 7) is 8.96. The Balaban J connectivity index is 1.70. The molecule has 0 saturated carbocycles. The van der Waals surface area contributed by atoms with Gasteiger partial charge in [0, 0.05) is 31.4 Å². The third-order valence-electron chi connectivity index (χ3n) is 5.48. The first-order valence-electron chi connectivity index (χ1n) is 10.3. The molecule has 1 atom stereocenters. The normalized spacial score (nSPS) is 17.1. The van der Waals surface area contributed by atoms with Crippen LogP contribution in [-0.2, 0) is 11.6 Å². The zero-order valence-electron chi connectivity index (χ0n) is 18.5. The van der Waals surface area contributed by atoms with E-state index < -0.39 is 11.9 Å². The number of nitrogens with zero attached hydrogens (tertiary/aromatic N) is 4. The predicted molar refractivity (Wildman–Crippen MR) is 116 cm³/mol. The Labute approximate surface area is 185 Å². The zero-order valence-corrected chi connectivity index (χ0v) is 18.5. The molecule has 1 saturated heterocycles. The van der Waals surface area contributed by atoms with Crippen molar-refractivity contribution in [1.29, 1.82) is 5.26 Å². The molecule has 1 aliphatic heterocycles. The van der Waals surface area contributed by atoms with E-state index in [-0.39, 0.29) is 48.5 Å². The number of alkyl halides is 3. The molecule has 0 bridgehead atoms. The van der Waals surface area contributed by atoms with Crippen molar-refractivity contribution in [2.24, 2.45) is 0 Å².